The molecule has 1 atom stereocenters. The van der Waals surface area contributed by atoms with Gasteiger partial charge in [-0.15, -0.1) is 0 Å². The Balaban J connectivity index is 0.000000180. The van der Waals surface area contributed by atoms with Crippen LogP contribution in [-0.4, -0.2) is 5.78 Å². The SMILES string of the molecule is CC(=O)c1ccccc1.CC(N)c1ccccc1. The van der Waals surface area contributed by atoms with Crippen molar-refractivity contribution >= 4 is 5.78 Å². The first-order chi connectivity index (χ1) is 8.61. The summed E-state index contributed by atoms with van der Waals surface area (Å²) in [6.45, 7) is 3.55. The highest BCUT2D eigenvalue weighted by molar-refractivity contribution is 5.93. The van der Waals surface area contributed by atoms with Gasteiger partial charge in [-0.2, -0.15) is 0 Å². The minimum absolute atomic E-state index is 0.121. The third-order valence-corrected chi connectivity index (χ3v) is 2.51. The molecule has 0 radical (unpaired) electrons. The third-order valence-electron chi connectivity index (χ3n) is 2.51. The predicted molar refractivity (Wildman–Crippen MR) is 75.5 cm³/mol. The highest BCUT2D eigenvalue weighted by Gasteiger charge is 1.93. The van der Waals surface area contributed by atoms with Gasteiger partial charge in [0.1, 0.15) is 0 Å². The summed E-state index contributed by atoms with van der Waals surface area (Å²) in [6.07, 6.45) is 0. The van der Waals surface area contributed by atoms with Gasteiger partial charge in [0.15, 0.2) is 5.78 Å². The fraction of sp³-hybridized carbons (Fsp3) is 0.188. The van der Waals surface area contributed by atoms with Crippen molar-refractivity contribution in [3.63, 3.8) is 0 Å². The number of carbonyl (C=O) groups is 1. The molecule has 0 aliphatic carbocycles. The summed E-state index contributed by atoms with van der Waals surface area (Å²) in [7, 11) is 0. The Kier molecular flexibility index (Phi) is 5.81. The number of nitrogens with two attached hydrogens (primary N) is 1. The number of rotatable bonds is 2. The maximum absolute atomic E-state index is 10.6. The molecular weight excluding hydrogens is 222 g/mol. The lowest BCUT2D eigenvalue weighted by Gasteiger charge is -2.02. The van der Waals surface area contributed by atoms with Crippen molar-refractivity contribution in [1.29, 1.82) is 0 Å². The van der Waals surface area contributed by atoms with Crippen LogP contribution in [0.5, 0.6) is 0 Å². The van der Waals surface area contributed by atoms with Crippen LogP contribution < -0.4 is 5.73 Å². The highest BCUT2D eigenvalue weighted by atomic mass is 16.1. The predicted octanol–water partition coefficient (Wildman–Crippen LogP) is 3.60. The van der Waals surface area contributed by atoms with Crippen LogP contribution in [0.25, 0.3) is 0 Å². The molecule has 2 N–H and O–H groups in total. The molecular formula is C16H19NO. The van der Waals surface area contributed by atoms with E-state index >= 15 is 0 Å². The molecule has 0 heterocycles. The second kappa shape index (κ2) is 7.41. The number of Topliss-reactive ketones (excluding diaryl/α,β-unsaturated/α-hetero) is 1. The van der Waals surface area contributed by atoms with Crippen LogP contribution in [-0.2, 0) is 0 Å². The molecule has 0 spiro atoms. The first kappa shape index (κ1) is 14.1. The van der Waals surface area contributed by atoms with Crippen molar-refractivity contribution in [3.8, 4) is 0 Å². The van der Waals surface area contributed by atoms with Crippen LogP contribution in [0.1, 0.15) is 35.8 Å². The van der Waals surface area contributed by atoms with E-state index in [0.29, 0.717) is 0 Å². The minimum Gasteiger partial charge on any atom is -0.324 e. The van der Waals surface area contributed by atoms with Crippen molar-refractivity contribution < 1.29 is 4.79 Å². The van der Waals surface area contributed by atoms with Crippen LogP contribution in [0.4, 0.5) is 0 Å². The lowest BCUT2D eigenvalue weighted by atomic mass is 10.1. The molecule has 0 aliphatic heterocycles. The number of hydrogen-bond donors (Lipinski definition) is 1. The van der Waals surface area contributed by atoms with Gasteiger partial charge in [-0.1, -0.05) is 60.7 Å². The van der Waals surface area contributed by atoms with Crippen LogP contribution in [0.3, 0.4) is 0 Å². The fourth-order valence-electron chi connectivity index (χ4n) is 1.43. The van der Waals surface area contributed by atoms with Crippen molar-refractivity contribution in [2.24, 2.45) is 5.73 Å². The van der Waals surface area contributed by atoms with E-state index in [1.165, 1.54) is 5.56 Å². The Morgan fingerprint density at radius 3 is 1.67 bits per heavy atom. The number of ketones is 1. The van der Waals surface area contributed by atoms with Gasteiger partial charge in [-0.3, -0.25) is 4.79 Å². The molecule has 2 nitrogen and oxygen atoms in total. The van der Waals surface area contributed by atoms with E-state index in [1.807, 2.05) is 67.6 Å². The van der Waals surface area contributed by atoms with Crippen molar-refractivity contribution in [1.82, 2.24) is 0 Å². The average molecular weight is 241 g/mol. The Morgan fingerprint density at radius 2 is 1.39 bits per heavy atom. The molecule has 0 aromatic heterocycles. The van der Waals surface area contributed by atoms with Crippen LogP contribution in [0.2, 0.25) is 0 Å². The topological polar surface area (TPSA) is 43.1 Å². The molecule has 94 valence electrons. The molecule has 18 heavy (non-hydrogen) atoms. The van der Waals surface area contributed by atoms with Gasteiger partial charge in [-0.25, -0.2) is 0 Å². The van der Waals surface area contributed by atoms with Gasteiger partial charge < -0.3 is 5.73 Å². The zero-order chi connectivity index (χ0) is 13.4. The summed E-state index contributed by atoms with van der Waals surface area (Å²) in [5.74, 6) is 0.121. The standard InChI is InChI=1S/C8H11N.C8H8O/c2*1-7(9)8-5-3-2-4-6-8/h2-7H,9H2,1H3;2-6H,1H3. The molecule has 0 bridgehead atoms. The largest absolute Gasteiger partial charge is 0.324 e. The fourth-order valence-corrected chi connectivity index (χ4v) is 1.43. The van der Waals surface area contributed by atoms with E-state index in [0.717, 1.165) is 5.56 Å². The van der Waals surface area contributed by atoms with Crippen molar-refractivity contribution in [2.45, 2.75) is 19.9 Å². The smallest absolute Gasteiger partial charge is 0.159 e. The quantitative estimate of drug-likeness (QED) is 0.816. The third kappa shape index (κ3) is 4.93. The summed E-state index contributed by atoms with van der Waals surface area (Å²) < 4.78 is 0. The molecule has 2 aromatic carbocycles. The van der Waals surface area contributed by atoms with Crippen molar-refractivity contribution in [2.75, 3.05) is 0 Å². The molecule has 2 rings (SSSR count). The molecule has 1 unspecified atom stereocenters. The van der Waals surface area contributed by atoms with E-state index in [2.05, 4.69) is 0 Å². The maximum atomic E-state index is 10.6. The normalized spacial score (nSPS) is 11.1. The van der Waals surface area contributed by atoms with Gasteiger partial charge in [-0.05, 0) is 19.4 Å². The van der Waals surface area contributed by atoms with Gasteiger partial charge >= 0.3 is 0 Å². The lowest BCUT2D eigenvalue weighted by Crippen LogP contribution is -2.03. The Hall–Kier alpha value is -1.93. The molecule has 2 aromatic rings. The number of carbonyl (C=O) groups excluding carboxylic acids is 1. The van der Waals surface area contributed by atoms with Crippen molar-refractivity contribution in [3.05, 3.63) is 71.8 Å². The maximum Gasteiger partial charge on any atom is 0.159 e. The second-order valence-electron chi connectivity index (χ2n) is 4.12. The van der Waals surface area contributed by atoms with Gasteiger partial charge in [0.25, 0.3) is 0 Å². The average Bonchev–Trinajstić information content (AvgIpc) is 2.41. The molecule has 0 saturated carbocycles. The van der Waals surface area contributed by atoms with E-state index in [4.69, 9.17) is 5.73 Å². The summed E-state index contributed by atoms with van der Waals surface area (Å²) >= 11 is 0. The van der Waals surface area contributed by atoms with E-state index < -0.39 is 0 Å². The lowest BCUT2D eigenvalue weighted by molar-refractivity contribution is 0.101. The molecule has 0 amide bonds. The zero-order valence-corrected chi connectivity index (χ0v) is 10.8. The molecule has 0 saturated heterocycles. The van der Waals surface area contributed by atoms with Gasteiger partial charge in [0, 0.05) is 11.6 Å². The Bertz CT molecular complexity index is 463. The minimum atomic E-state index is 0.121. The first-order valence-corrected chi connectivity index (χ1v) is 5.97. The van der Waals surface area contributed by atoms with E-state index in [-0.39, 0.29) is 11.8 Å². The molecule has 0 aliphatic rings. The molecule has 2 heteroatoms. The summed E-state index contributed by atoms with van der Waals surface area (Å²) in [5.41, 5.74) is 7.58. The Labute approximate surface area is 108 Å². The van der Waals surface area contributed by atoms with Crippen LogP contribution in [0.15, 0.2) is 60.7 Å². The zero-order valence-electron chi connectivity index (χ0n) is 10.8. The van der Waals surface area contributed by atoms with Gasteiger partial charge in [0.05, 0.1) is 0 Å². The number of benzene rings is 2. The number of hydrogen-bond acceptors (Lipinski definition) is 2. The molecule has 0 fully saturated rings. The highest BCUT2D eigenvalue weighted by Crippen LogP contribution is 2.06. The van der Waals surface area contributed by atoms with Crippen LogP contribution in [0, 0.1) is 0 Å². The second-order valence-corrected chi connectivity index (χ2v) is 4.12. The van der Waals surface area contributed by atoms with Crippen LogP contribution >= 0.6 is 0 Å². The Morgan fingerprint density at radius 1 is 0.944 bits per heavy atom. The first-order valence-electron chi connectivity index (χ1n) is 5.97. The summed E-state index contributed by atoms with van der Waals surface area (Å²) in [4.78, 5) is 10.6. The van der Waals surface area contributed by atoms with E-state index in [9.17, 15) is 4.79 Å². The monoisotopic (exact) mass is 241 g/mol. The van der Waals surface area contributed by atoms with Gasteiger partial charge in [0.2, 0.25) is 0 Å². The summed E-state index contributed by atoms with van der Waals surface area (Å²) in [5, 5.41) is 0. The summed E-state index contributed by atoms with van der Waals surface area (Å²) in [6, 6.07) is 19.4. The van der Waals surface area contributed by atoms with E-state index in [1.54, 1.807) is 6.92 Å².